The summed E-state index contributed by atoms with van der Waals surface area (Å²) in [6.45, 7) is 0.0781. The Morgan fingerprint density at radius 1 is 1.10 bits per heavy atom. The van der Waals surface area contributed by atoms with E-state index in [0.29, 0.717) is 17.8 Å². The smallest absolute Gasteiger partial charge is 0.322 e. The molecule has 0 atom stereocenters. The number of carbonyl (C=O) groups excluding carboxylic acids is 1. The number of aliphatic carboxylic acids is 1. The van der Waals surface area contributed by atoms with Gasteiger partial charge in [-0.15, -0.1) is 0 Å². The zero-order valence-corrected chi connectivity index (χ0v) is 16.8. The van der Waals surface area contributed by atoms with Crippen molar-refractivity contribution in [1.82, 2.24) is 19.9 Å². The third kappa shape index (κ3) is 4.23. The number of aromatic nitrogens is 3. The Hall–Kier alpha value is -4.20. The van der Waals surface area contributed by atoms with Gasteiger partial charge in [-0.05, 0) is 34.9 Å². The van der Waals surface area contributed by atoms with Crippen LogP contribution in [0.4, 0.5) is 0 Å². The molecule has 0 unspecified atom stereocenters. The van der Waals surface area contributed by atoms with Crippen LogP contribution in [-0.4, -0.2) is 45.2 Å². The Labute approximate surface area is 178 Å². The number of amides is 1. The first kappa shape index (κ1) is 20.1. The maximum absolute atomic E-state index is 12.6. The van der Waals surface area contributed by atoms with E-state index in [2.05, 4.69) is 15.3 Å². The molecule has 2 aromatic heterocycles. The summed E-state index contributed by atoms with van der Waals surface area (Å²) in [5.41, 5.74) is 4.61. The molecule has 2 N–H and O–H groups in total. The molecule has 8 heteroatoms. The van der Waals surface area contributed by atoms with Crippen molar-refractivity contribution in [2.24, 2.45) is 0 Å². The van der Waals surface area contributed by atoms with Gasteiger partial charge in [0.05, 0.1) is 19.0 Å². The predicted octanol–water partition coefficient (Wildman–Crippen LogP) is 2.97. The van der Waals surface area contributed by atoms with Crippen molar-refractivity contribution in [1.29, 1.82) is 0 Å². The lowest BCUT2D eigenvalue weighted by Gasteiger charge is -2.10. The molecule has 0 spiro atoms. The molecule has 0 fully saturated rings. The topological polar surface area (TPSA) is 106 Å². The Morgan fingerprint density at radius 2 is 1.90 bits per heavy atom. The van der Waals surface area contributed by atoms with E-state index in [9.17, 15) is 9.59 Å². The van der Waals surface area contributed by atoms with Crippen LogP contribution in [0.1, 0.15) is 15.9 Å². The van der Waals surface area contributed by atoms with Gasteiger partial charge in [-0.2, -0.15) is 0 Å². The number of carboxylic acids is 1. The van der Waals surface area contributed by atoms with E-state index in [1.165, 1.54) is 7.11 Å². The van der Waals surface area contributed by atoms with Gasteiger partial charge in [-0.3, -0.25) is 14.6 Å². The lowest BCUT2D eigenvalue weighted by atomic mass is 10.1. The molecule has 1 amide bonds. The average Bonchev–Trinajstić information content (AvgIpc) is 3.20. The summed E-state index contributed by atoms with van der Waals surface area (Å²) in [4.78, 5) is 31.9. The number of pyridine rings is 1. The van der Waals surface area contributed by atoms with Gasteiger partial charge in [0.25, 0.3) is 5.91 Å². The molecular formula is C23H20N4O4. The number of benzene rings is 2. The molecule has 0 saturated heterocycles. The van der Waals surface area contributed by atoms with Crippen LogP contribution in [0.3, 0.4) is 0 Å². The maximum Gasteiger partial charge on any atom is 0.322 e. The number of fused-ring (bicyclic) bond motifs is 1. The zero-order valence-electron chi connectivity index (χ0n) is 16.8. The van der Waals surface area contributed by atoms with Crippen molar-refractivity contribution in [3.05, 3.63) is 78.4 Å². The number of carboxylic acid groups (broad SMARTS) is 1. The summed E-state index contributed by atoms with van der Waals surface area (Å²) in [6.07, 6.45) is 5.23. The lowest BCUT2D eigenvalue weighted by molar-refractivity contribution is -0.135. The first-order valence-corrected chi connectivity index (χ1v) is 9.58. The van der Waals surface area contributed by atoms with Crippen molar-refractivity contribution in [3.8, 4) is 16.9 Å². The van der Waals surface area contributed by atoms with Gasteiger partial charge in [-0.25, -0.2) is 4.98 Å². The number of imidazole rings is 1. The Bertz CT molecular complexity index is 1230. The highest BCUT2D eigenvalue weighted by Crippen LogP contribution is 2.28. The molecule has 0 radical (unpaired) electrons. The van der Waals surface area contributed by atoms with Gasteiger partial charge in [0.15, 0.2) is 0 Å². The minimum atomic E-state index is -1.13. The fraction of sp³-hybridized carbons (Fsp3) is 0.130. The van der Waals surface area contributed by atoms with E-state index in [1.54, 1.807) is 18.6 Å². The van der Waals surface area contributed by atoms with E-state index in [1.807, 2.05) is 53.2 Å². The number of hydrogen-bond acceptors (Lipinski definition) is 5. The summed E-state index contributed by atoms with van der Waals surface area (Å²) in [6, 6.07) is 15.6. The summed E-state index contributed by atoms with van der Waals surface area (Å²) < 4.78 is 7.23. The SMILES string of the molecule is COc1ccc2c(ncn2Cc2ccc(-c3cccnc3)cc2)c1C(=O)NCC(=O)O. The molecular weight excluding hydrogens is 396 g/mol. The Balaban J connectivity index is 1.63. The van der Waals surface area contributed by atoms with Crippen LogP contribution in [-0.2, 0) is 11.3 Å². The molecule has 31 heavy (non-hydrogen) atoms. The van der Waals surface area contributed by atoms with Gasteiger partial charge in [0.2, 0.25) is 0 Å². The third-order valence-electron chi connectivity index (χ3n) is 4.90. The first-order chi connectivity index (χ1) is 15.1. The third-order valence-corrected chi connectivity index (χ3v) is 4.90. The van der Waals surface area contributed by atoms with Crippen LogP contribution in [0.2, 0.25) is 0 Å². The summed E-state index contributed by atoms with van der Waals surface area (Å²) in [7, 11) is 1.45. The molecule has 0 saturated carbocycles. The van der Waals surface area contributed by atoms with E-state index in [0.717, 1.165) is 22.2 Å². The summed E-state index contributed by atoms with van der Waals surface area (Å²) >= 11 is 0. The standard InChI is InChI=1S/C23H20N4O4/c1-31-19-9-8-18-22(21(19)23(30)25-12-20(28)29)26-14-27(18)13-15-4-6-16(7-5-15)17-3-2-10-24-11-17/h2-11,14H,12-13H2,1H3,(H,25,30)(H,28,29). The highest BCUT2D eigenvalue weighted by atomic mass is 16.5. The van der Waals surface area contributed by atoms with Crippen molar-refractivity contribution in [2.75, 3.05) is 13.7 Å². The lowest BCUT2D eigenvalue weighted by Crippen LogP contribution is -2.29. The summed E-state index contributed by atoms with van der Waals surface area (Å²) in [5, 5.41) is 11.2. The molecule has 0 aliphatic heterocycles. The molecule has 156 valence electrons. The number of rotatable bonds is 7. The zero-order chi connectivity index (χ0) is 21.8. The Morgan fingerprint density at radius 3 is 2.58 bits per heavy atom. The summed E-state index contributed by atoms with van der Waals surface area (Å²) in [5.74, 6) is -1.34. The normalized spacial score (nSPS) is 10.7. The van der Waals surface area contributed by atoms with Gasteiger partial charge in [0.1, 0.15) is 23.4 Å². The van der Waals surface area contributed by atoms with E-state index < -0.39 is 18.4 Å². The van der Waals surface area contributed by atoms with Crippen LogP contribution < -0.4 is 10.1 Å². The molecule has 0 bridgehead atoms. The van der Waals surface area contributed by atoms with Gasteiger partial charge >= 0.3 is 5.97 Å². The molecule has 2 heterocycles. The van der Waals surface area contributed by atoms with Crippen molar-refractivity contribution in [2.45, 2.75) is 6.54 Å². The molecule has 2 aromatic carbocycles. The average molecular weight is 416 g/mol. The van der Waals surface area contributed by atoms with Crippen LogP contribution in [0.15, 0.2) is 67.3 Å². The van der Waals surface area contributed by atoms with Gasteiger partial charge < -0.3 is 19.7 Å². The number of carbonyl (C=O) groups is 2. The van der Waals surface area contributed by atoms with Crippen molar-refractivity contribution in [3.63, 3.8) is 0 Å². The number of nitrogens with one attached hydrogen (secondary N) is 1. The van der Waals surface area contributed by atoms with Crippen LogP contribution in [0.5, 0.6) is 5.75 Å². The minimum Gasteiger partial charge on any atom is -0.496 e. The number of methoxy groups -OCH3 is 1. The molecule has 0 aliphatic carbocycles. The fourth-order valence-electron chi connectivity index (χ4n) is 3.41. The second kappa shape index (κ2) is 8.66. The van der Waals surface area contributed by atoms with E-state index >= 15 is 0 Å². The molecule has 4 aromatic rings. The van der Waals surface area contributed by atoms with Gasteiger partial charge in [-0.1, -0.05) is 30.3 Å². The Kier molecular flexibility index (Phi) is 5.61. The van der Waals surface area contributed by atoms with E-state index in [-0.39, 0.29) is 5.56 Å². The number of nitrogens with zero attached hydrogens (tertiary/aromatic N) is 3. The quantitative estimate of drug-likeness (QED) is 0.480. The highest BCUT2D eigenvalue weighted by Gasteiger charge is 2.20. The number of ether oxygens (including phenoxy) is 1. The fourth-order valence-corrected chi connectivity index (χ4v) is 3.41. The molecule has 8 nitrogen and oxygen atoms in total. The molecule has 4 rings (SSSR count). The second-order valence-electron chi connectivity index (χ2n) is 6.90. The van der Waals surface area contributed by atoms with Crippen LogP contribution >= 0.6 is 0 Å². The first-order valence-electron chi connectivity index (χ1n) is 9.58. The van der Waals surface area contributed by atoms with Crippen molar-refractivity contribution < 1.29 is 19.4 Å². The minimum absolute atomic E-state index is 0.215. The van der Waals surface area contributed by atoms with E-state index in [4.69, 9.17) is 9.84 Å². The van der Waals surface area contributed by atoms with Crippen LogP contribution in [0.25, 0.3) is 22.2 Å². The van der Waals surface area contributed by atoms with Gasteiger partial charge in [0, 0.05) is 18.9 Å². The predicted molar refractivity (Wildman–Crippen MR) is 115 cm³/mol. The number of hydrogen-bond donors (Lipinski definition) is 2. The molecule has 0 aliphatic rings. The maximum atomic E-state index is 12.6. The highest BCUT2D eigenvalue weighted by molar-refractivity contribution is 6.08. The monoisotopic (exact) mass is 416 g/mol. The second-order valence-corrected chi connectivity index (χ2v) is 6.90. The van der Waals surface area contributed by atoms with Crippen LogP contribution in [0, 0.1) is 0 Å². The van der Waals surface area contributed by atoms with Crippen molar-refractivity contribution >= 4 is 22.9 Å². The largest absolute Gasteiger partial charge is 0.496 e.